The first kappa shape index (κ1) is 23.9. The van der Waals surface area contributed by atoms with Gasteiger partial charge in [0, 0.05) is 18.0 Å². The molecule has 1 saturated heterocycles. The van der Waals surface area contributed by atoms with Crippen LogP contribution in [0.15, 0.2) is 48.8 Å². The van der Waals surface area contributed by atoms with E-state index in [2.05, 4.69) is 16.8 Å². The molecule has 2 heterocycles. The van der Waals surface area contributed by atoms with Gasteiger partial charge in [-0.15, -0.1) is 0 Å². The van der Waals surface area contributed by atoms with E-state index < -0.39 is 36.0 Å². The highest BCUT2D eigenvalue weighted by atomic mass is 19.1. The molecule has 4 rings (SSSR count). The van der Waals surface area contributed by atoms with Crippen LogP contribution in [-0.4, -0.2) is 56.9 Å². The molecule has 2 aromatic carbocycles. The third kappa shape index (κ3) is 5.11. The van der Waals surface area contributed by atoms with E-state index in [-0.39, 0.29) is 30.9 Å². The Morgan fingerprint density at radius 1 is 1.21 bits per heavy atom. The molecule has 0 spiro atoms. The fourth-order valence-corrected chi connectivity index (χ4v) is 3.71. The van der Waals surface area contributed by atoms with Crippen LogP contribution >= 0.6 is 0 Å². The zero-order valence-corrected chi connectivity index (χ0v) is 18.4. The van der Waals surface area contributed by atoms with Crippen molar-refractivity contribution < 1.29 is 33.6 Å². The van der Waals surface area contributed by atoms with Crippen molar-refractivity contribution in [2.24, 2.45) is 0 Å². The van der Waals surface area contributed by atoms with Gasteiger partial charge in [-0.2, -0.15) is 0 Å². The molecule has 0 amide bonds. The van der Waals surface area contributed by atoms with Crippen LogP contribution in [0.4, 0.5) is 8.78 Å². The van der Waals surface area contributed by atoms with E-state index >= 15 is 0 Å². The van der Waals surface area contributed by atoms with Crippen molar-refractivity contribution in [3.63, 3.8) is 0 Å². The van der Waals surface area contributed by atoms with Gasteiger partial charge in [0.15, 0.2) is 0 Å². The maximum atomic E-state index is 14.8. The number of aliphatic hydroxyl groups excluding tert-OH is 3. The van der Waals surface area contributed by atoms with Crippen LogP contribution in [0.2, 0.25) is 0 Å². The second-order valence-electron chi connectivity index (χ2n) is 7.94. The summed E-state index contributed by atoms with van der Waals surface area (Å²) >= 11 is 0. The van der Waals surface area contributed by atoms with Crippen LogP contribution in [0.1, 0.15) is 30.5 Å². The van der Waals surface area contributed by atoms with Gasteiger partial charge in [-0.3, -0.25) is 0 Å². The largest absolute Gasteiger partial charge is 0.485 e. The Labute approximate surface area is 195 Å². The van der Waals surface area contributed by atoms with E-state index in [0.717, 1.165) is 12.1 Å². The number of rotatable bonds is 6. The monoisotopic (exact) mass is 470 g/mol. The van der Waals surface area contributed by atoms with Crippen molar-refractivity contribution in [3.05, 3.63) is 71.8 Å². The normalized spacial score (nSPS) is 19.4. The van der Waals surface area contributed by atoms with E-state index in [1.165, 1.54) is 29.8 Å². The van der Waals surface area contributed by atoms with Gasteiger partial charge in [0.25, 0.3) is 0 Å². The zero-order valence-electron chi connectivity index (χ0n) is 18.4. The minimum atomic E-state index is -0.867. The number of hydrogen-bond donors (Lipinski definition) is 3. The quantitative estimate of drug-likeness (QED) is 0.480. The molecule has 3 aromatic rings. The molecule has 1 aromatic heterocycles. The van der Waals surface area contributed by atoms with Crippen molar-refractivity contribution in [3.8, 4) is 28.7 Å². The SMILES string of the molecule is C[C@H](O)c1nccn1[C@@H](C#Cc1cc(F)c(-c2ccc(OC3COC[C@H]3O)cc2)c(F)c1)CO. The summed E-state index contributed by atoms with van der Waals surface area (Å²) in [5, 5.41) is 29.3. The highest BCUT2D eigenvalue weighted by Gasteiger charge is 2.28. The minimum Gasteiger partial charge on any atom is -0.485 e. The first-order valence-electron chi connectivity index (χ1n) is 10.7. The third-order valence-corrected chi connectivity index (χ3v) is 5.44. The number of ether oxygens (including phenoxy) is 2. The number of benzene rings is 2. The van der Waals surface area contributed by atoms with Gasteiger partial charge in [0.2, 0.25) is 0 Å². The van der Waals surface area contributed by atoms with Gasteiger partial charge in [0.05, 0.1) is 25.4 Å². The van der Waals surface area contributed by atoms with E-state index in [1.807, 2.05) is 0 Å². The number of hydrogen-bond acceptors (Lipinski definition) is 6. The summed E-state index contributed by atoms with van der Waals surface area (Å²) in [6, 6.07) is 7.72. The lowest BCUT2D eigenvalue weighted by Crippen LogP contribution is -2.29. The van der Waals surface area contributed by atoms with Crippen LogP contribution in [0.25, 0.3) is 11.1 Å². The average Bonchev–Trinajstić information content (AvgIpc) is 3.45. The summed E-state index contributed by atoms with van der Waals surface area (Å²) in [5.74, 6) is 4.66. The number of aliphatic hydroxyl groups is 3. The standard InChI is InChI=1S/C25H24F2N2O5/c1-15(31)25-28-8-9-29(25)18(12-30)5-2-16-10-20(26)24(21(27)11-16)17-3-6-19(7-4-17)34-23-14-33-13-22(23)32/h3-4,6-11,15,18,22-23,30-32H,12-14H2,1H3/t15-,18-,22+,23?/m0/s1. The number of imidazole rings is 1. The number of aromatic nitrogens is 2. The highest BCUT2D eigenvalue weighted by Crippen LogP contribution is 2.29. The molecule has 34 heavy (non-hydrogen) atoms. The maximum Gasteiger partial charge on any atom is 0.150 e. The Hall–Kier alpha value is -3.29. The van der Waals surface area contributed by atoms with Gasteiger partial charge in [-0.05, 0) is 36.8 Å². The molecule has 0 bridgehead atoms. The maximum absolute atomic E-state index is 14.8. The zero-order chi connectivity index (χ0) is 24.2. The Morgan fingerprint density at radius 2 is 1.91 bits per heavy atom. The molecule has 7 nitrogen and oxygen atoms in total. The molecule has 0 aliphatic carbocycles. The third-order valence-electron chi connectivity index (χ3n) is 5.44. The van der Waals surface area contributed by atoms with Crippen molar-refractivity contribution in [2.45, 2.75) is 31.3 Å². The topological polar surface area (TPSA) is 97.0 Å². The van der Waals surface area contributed by atoms with Crippen LogP contribution in [0.5, 0.6) is 5.75 Å². The molecule has 1 unspecified atom stereocenters. The summed E-state index contributed by atoms with van der Waals surface area (Å²) in [6.45, 7) is 1.64. The summed E-state index contributed by atoms with van der Waals surface area (Å²) in [6.07, 6.45) is 0.962. The van der Waals surface area contributed by atoms with E-state index in [4.69, 9.17) is 9.47 Å². The van der Waals surface area contributed by atoms with Crippen LogP contribution in [-0.2, 0) is 4.74 Å². The minimum absolute atomic E-state index is 0.103. The van der Waals surface area contributed by atoms with Crippen LogP contribution in [0.3, 0.4) is 0 Å². The molecule has 4 atom stereocenters. The second kappa shape index (κ2) is 10.3. The number of halogens is 2. The van der Waals surface area contributed by atoms with Gasteiger partial charge in [0.1, 0.15) is 47.6 Å². The lowest BCUT2D eigenvalue weighted by Gasteiger charge is -2.15. The Balaban J connectivity index is 1.54. The first-order chi connectivity index (χ1) is 16.4. The number of nitrogens with zero attached hydrogens (tertiary/aromatic N) is 2. The van der Waals surface area contributed by atoms with E-state index in [9.17, 15) is 24.1 Å². The van der Waals surface area contributed by atoms with Crippen LogP contribution in [0, 0.1) is 23.5 Å². The highest BCUT2D eigenvalue weighted by molar-refractivity contribution is 5.66. The predicted molar refractivity (Wildman–Crippen MR) is 119 cm³/mol. The van der Waals surface area contributed by atoms with Crippen molar-refractivity contribution in [1.82, 2.24) is 9.55 Å². The lowest BCUT2D eigenvalue weighted by atomic mass is 10.0. The summed E-state index contributed by atoms with van der Waals surface area (Å²) in [4.78, 5) is 4.04. The Kier molecular flexibility index (Phi) is 7.24. The van der Waals surface area contributed by atoms with E-state index in [1.54, 1.807) is 18.3 Å². The Morgan fingerprint density at radius 3 is 2.50 bits per heavy atom. The summed E-state index contributed by atoms with van der Waals surface area (Å²) in [5.41, 5.74) is 0.218. The lowest BCUT2D eigenvalue weighted by molar-refractivity contribution is 0.0733. The fraction of sp³-hybridized carbons (Fsp3) is 0.320. The Bertz CT molecular complexity index is 1180. The van der Waals surface area contributed by atoms with Crippen molar-refractivity contribution >= 4 is 0 Å². The fourth-order valence-electron chi connectivity index (χ4n) is 3.71. The first-order valence-corrected chi connectivity index (χ1v) is 10.7. The molecular weight excluding hydrogens is 446 g/mol. The molecule has 178 valence electrons. The van der Waals surface area contributed by atoms with E-state index in [0.29, 0.717) is 17.1 Å². The van der Waals surface area contributed by atoms with Gasteiger partial charge in [-0.1, -0.05) is 24.0 Å². The molecule has 0 saturated carbocycles. The summed E-state index contributed by atoms with van der Waals surface area (Å²) in [7, 11) is 0. The predicted octanol–water partition coefficient (Wildman–Crippen LogP) is 2.61. The molecule has 0 radical (unpaired) electrons. The van der Waals surface area contributed by atoms with Gasteiger partial charge >= 0.3 is 0 Å². The van der Waals surface area contributed by atoms with Gasteiger partial charge in [-0.25, -0.2) is 13.8 Å². The van der Waals surface area contributed by atoms with Crippen molar-refractivity contribution in [1.29, 1.82) is 0 Å². The molecule has 1 aliphatic rings. The average molecular weight is 470 g/mol. The molecule has 1 aliphatic heterocycles. The second-order valence-corrected chi connectivity index (χ2v) is 7.94. The molecule has 1 fully saturated rings. The van der Waals surface area contributed by atoms with Crippen molar-refractivity contribution in [2.75, 3.05) is 19.8 Å². The van der Waals surface area contributed by atoms with Crippen LogP contribution < -0.4 is 4.74 Å². The molecule has 9 heteroatoms. The van der Waals surface area contributed by atoms with Gasteiger partial charge < -0.3 is 29.4 Å². The smallest absolute Gasteiger partial charge is 0.150 e. The molecule has 3 N–H and O–H groups in total. The molecular formula is C25H24F2N2O5. The summed E-state index contributed by atoms with van der Waals surface area (Å²) < 4.78 is 42.0.